The van der Waals surface area contributed by atoms with Gasteiger partial charge in [0.2, 0.25) is 0 Å². The van der Waals surface area contributed by atoms with Crippen molar-refractivity contribution < 1.29 is 22.8 Å². The molecule has 0 amide bonds. The molecule has 0 N–H and O–H groups in total. The molecular formula is C12H7F3O2. The largest absolute Gasteiger partial charge is 0.416 e. The zero-order valence-corrected chi connectivity index (χ0v) is 8.76. The molecule has 0 unspecified atom stereocenters. The number of rotatable bonds is 0. The summed E-state index contributed by atoms with van der Waals surface area (Å²) >= 11 is 0. The third-order valence-corrected chi connectivity index (χ3v) is 2.56. The summed E-state index contributed by atoms with van der Waals surface area (Å²) in [5.74, 6) is -0.975. The van der Waals surface area contributed by atoms with Crippen molar-refractivity contribution in [2.24, 2.45) is 0 Å². The van der Waals surface area contributed by atoms with Crippen LogP contribution < -0.4 is 0 Å². The van der Waals surface area contributed by atoms with Crippen LogP contribution in [0, 0.1) is 0 Å². The Morgan fingerprint density at radius 1 is 1.06 bits per heavy atom. The summed E-state index contributed by atoms with van der Waals surface area (Å²) in [6.45, 7) is 1.46. The molecule has 0 fully saturated rings. The highest BCUT2D eigenvalue weighted by molar-refractivity contribution is 6.24. The maximum absolute atomic E-state index is 12.4. The van der Waals surface area contributed by atoms with Crippen molar-refractivity contribution >= 4 is 11.6 Å². The van der Waals surface area contributed by atoms with Crippen LogP contribution in [0.1, 0.15) is 33.2 Å². The zero-order valence-electron chi connectivity index (χ0n) is 8.76. The fourth-order valence-corrected chi connectivity index (χ4v) is 1.67. The van der Waals surface area contributed by atoms with Crippen LogP contribution >= 0.6 is 0 Å². The lowest BCUT2D eigenvalue weighted by Crippen LogP contribution is -2.17. The van der Waals surface area contributed by atoms with Crippen molar-refractivity contribution in [3.8, 4) is 0 Å². The molecule has 17 heavy (non-hydrogen) atoms. The van der Waals surface area contributed by atoms with Gasteiger partial charge >= 0.3 is 6.18 Å². The number of alkyl halides is 3. The normalized spacial score (nSPS) is 15.6. The summed E-state index contributed by atoms with van der Waals surface area (Å²) in [5.41, 5.74) is -0.842. The standard InChI is InChI=1S/C12H7F3O2/c1-6-4-10(16)9-5-7(12(13,14)15)2-3-8(9)11(6)17/h2-5H,1H3. The lowest BCUT2D eigenvalue weighted by molar-refractivity contribution is -0.137. The van der Waals surface area contributed by atoms with Gasteiger partial charge in [0.05, 0.1) is 5.56 Å². The van der Waals surface area contributed by atoms with E-state index < -0.39 is 23.3 Å². The Morgan fingerprint density at radius 2 is 1.71 bits per heavy atom. The van der Waals surface area contributed by atoms with E-state index in [1.165, 1.54) is 6.92 Å². The Hall–Kier alpha value is -1.91. The van der Waals surface area contributed by atoms with Gasteiger partial charge in [0, 0.05) is 16.7 Å². The maximum Gasteiger partial charge on any atom is 0.416 e. The van der Waals surface area contributed by atoms with Crippen LogP contribution in [0.25, 0.3) is 0 Å². The van der Waals surface area contributed by atoms with Crippen LogP contribution in [0.2, 0.25) is 0 Å². The number of Topliss-reactive ketones (excluding diaryl/α,β-unsaturated/α-hetero) is 1. The maximum atomic E-state index is 12.4. The first-order chi connectivity index (χ1) is 7.80. The van der Waals surface area contributed by atoms with Gasteiger partial charge in [-0.3, -0.25) is 9.59 Å². The topological polar surface area (TPSA) is 34.1 Å². The Bertz CT molecular complexity index is 553. The molecule has 0 atom stereocenters. The second kappa shape index (κ2) is 3.55. The molecule has 0 saturated heterocycles. The van der Waals surface area contributed by atoms with Gasteiger partial charge in [-0.2, -0.15) is 13.2 Å². The average molecular weight is 240 g/mol. The Kier molecular flexibility index (Phi) is 2.41. The predicted molar refractivity (Wildman–Crippen MR) is 53.9 cm³/mol. The molecule has 0 spiro atoms. The fraction of sp³-hybridized carbons (Fsp3) is 0.167. The van der Waals surface area contributed by atoms with Gasteiger partial charge in [-0.25, -0.2) is 0 Å². The first-order valence-corrected chi connectivity index (χ1v) is 4.79. The van der Waals surface area contributed by atoms with Gasteiger partial charge < -0.3 is 0 Å². The summed E-state index contributed by atoms with van der Waals surface area (Å²) in [5, 5.41) is 0. The van der Waals surface area contributed by atoms with Crippen LogP contribution in [-0.2, 0) is 6.18 Å². The van der Waals surface area contributed by atoms with Gasteiger partial charge in [0.1, 0.15) is 0 Å². The van der Waals surface area contributed by atoms with E-state index in [1.54, 1.807) is 0 Å². The molecule has 0 aliphatic heterocycles. The smallest absolute Gasteiger partial charge is 0.289 e. The lowest BCUT2D eigenvalue weighted by atomic mass is 9.89. The van der Waals surface area contributed by atoms with Crippen LogP contribution in [0.15, 0.2) is 29.8 Å². The van der Waals surface area contributed by atoms with Crippen molar-refractivity contribution in [1.29, 1.82) is 0 Å². The molecular weight excluding hydrogens is 233 g/mol. The molecule has 88 valence electrons. The number of carbonyl (C=O) groups is 2. The molecule has 5 heteroatoms. The molecule has 1 aliphatic carbocycles. The van der Waals surface area contributed by atoms with Crippen LogP contribution in [0.3, 0.4) is 0 Å². The van der Waals surface area contributed by atoms with Crippen molar-refractivity contribution in [1.82, 2.24) is 0 Å². The summed E-state index contributed by atoms with van der Waals surface area (Å²) in [7, 11) is 0. The van der Waals surface area contributed by atoms with E-state index in [-0.39, 0.29) is 16.7 Å². The Labute approximate surface area is 94.7 Å². The summed E-state index contributed by atoms with van der Waals surface area (Å²) < 4.78 is 37.3. The minimum absolute atomic E-state index is 0.0306. The van der Waals surface area contributed by atoms with E-state index in [1.807, 2.05) is 0 Å². The quantitative estimate of drug-likeness (QED) is 0.698. The molecule has 2 rings (SSSR count). The van der Waals surface area contributed by atoms with Gasteiger partial charge in [0.15, 0.2) is 11.6 Å². The van der Waals surface area contributed by atoms with Crippen molar-refractivity contribution in [3.05, 3.63) is 46.5 Å². The van der Waals surface area contributed by atoms with E-state index in [4.69, 9.17) is 0 Å². The molecule has 0 aromatic heterocycles. The predicted octanol–water partition coefficient (Wildman–Crippen LogP) is 3.03. The van der Waals surface area contributed by atoms with Gasteiger partial charge in [-0.15, -0.1) is 0 Å². The SMILES string of the molecule is CC1=CC(=O)c2cc(C(F)(F)F)ccc2C1=O. The highest BCUT2D eigenvalue weighted by Crippen LogP contribution is 2.32. The summed E-state index contributed by atoms with van der Waals surface area (Å²) in [6, 6.07) is 2.58. The number of carbonyl (C=O) groups excluding carboxylic acids is 2. The number of benzene rings is 1. The minimum Gasteiger partial charge on any atom is -0.289 e. The minimum atomic E-state index is -4.52. The van der Waals surface area contributed by atoms with Crippen LogP contribution in [0.5, 0.6) is 0 Å². The molecule has 0 saturated carbocycles. The monoisotopic (exact) mass is 240 g/mol. The third-order valence-electron chi connectivity index (χ3n) is 2.56. The van der Waals surface area contributed by atoms with E-state index >= 15 is 0 Å². The number of hydrogen-bond donors (Lipinski definition) is 0. The first kappa shape index (κ1) is 11.6. The molecule has 1 aromatic rings. The van der Waals surface area contributed by atoms with E-state index in [9.17, 15) is 22.8 Å². The van der Waals surface area contributed by atoms with E-state index in [0.29, 0.717) is 0 Å². The van der Waals surface area contributed by atoms with Crippen LogP contribution in [0.4, 0.5) is 13.2 Å². The Morgan fingerprint density at radius 3 is 2.29 bits per heavy atom. The lowest BCUT2D eigenvalue weighted by Gasteiger charge is -2.14. The number of ketones is 2. The van der Waals surface area contributed by atoms with Crippen molar-refractivity contribution in [2.75, 3.05) is 0 Å². The zero-order chi connectivity index (χ0) is 12.8. The van der Waals surface area contributed by atoms with Crippen molar-refractivity contribution in [3.63, 3.8) is 0 Å². The van der Waals surface area contributed by atoms with Crippen LogP contribution in [-0.4, -0.2) is 11.6 Å². The molecule has 0 radical (unpaired) electrons. The third kappa shape index (κ3) is 1.88. The summed E-state index contributed by atoms with van der Waals surface area (Å²) in [4.78, 5) is 23.1. The number of hydrogen-bond acceptors (Lipinski definition) is 2. The van der Waals surface area contributed by atoms with E-state index in [2.05, 4.69) is 0 Å². The molecule has 0 bridgehead atoms. The fourth-order valence-electron chi connectivity index (χ4n) is 1.67. The Balaban J connectivity index is 2.61. The molecule has 1 aliphatic rings. The number of fused-ring (bicyclic) bond motifs is 1. The summed E-state index contributed by atoms with van der Waals surface area (Å²) in [6.07, 6.45) is -3.46. The molecule has 0 heterocycles. The van der Waals surface area contributed by atoms with Gasteiger partial charge in [0.25, 0.3) is 0 Å². The van der Waals surface area contributed by atoms with E-state index in [0.717, 1.165) is 24.3 Å². The highest BCUT2D eigenvalue weighted by Gasteiger charge is 2.33. The van der Waals surface area contributed by atoms with Gasteiger partial charge in [-0.1, -0.05) is 0 Å². The first-order valence-electron chi connectivity index (χ1n) is 4.79. The molecule has 1 aromatic carbocycles. The van der Waals surface area contributed by atoms with Crippen molar-refractivity contribution in [2.45, 2.75) is 13.1 Å². The number of halogens is 3. The second-order valence-electron chi connectivity index (χ2n) is 3.78. The second-order valence-corrected chi connectivity index (χ2v) is 3.78. The highest BCUT2D eigenvalue weighted by atomic mass is 19.4. The number of allylic oxidation sites excluding steroid dienone is 2. The molecule has 2 nitrogen and oxygen atoms in total. The average Bonchev–Trinajstić information content (AvgIpc) is 2.24. The van der Waals surface area contributed by atoms with Gasteiger partial charge in [-0.05, 0) is 31.2 Å².